The Hall–Kier alpha value is -2.37. The summed E-state index contributed by atoms with van der Waals surface area (Å²) in [4.78, 5) is 31.3. The number of methoxy groups -OCH3 is 2. The predicted octanol–water partition coefficient (Wildman–Crippen LogP) is 1.14. The van der Waals surface area contributed by atoms with Crippen LogP contribution in [0.15, 0.2) is 37.1 Å². The number of hydrogen-bond acceptors (Lipinski definition) is 6. The van der Waals surface area contributed by atoms with Crippen LogP contribution in [0.25, 0.3) is 0 Å². The van der Waals surface area contributed by atoms with Crippen molar-refractivity contribution in [2.24, 2.45) is 0 Å². The summed E-state index contributed by atoms with van der Waals surface area (Å²) in [5, 5.41) is 0. The fraction of sp³-hybridized carbons (Fsp3) is 0.250. The van der Waals surface area contributed by atoms with Gasteiger partial charge >= 0.3 is 17.9 Å². The Morgan fingerprint density at radius 3 is 1.72 bits per heavy atom. The molecule has 0 saturated carbocycles. The van der Waals surface area contributed by atoms with E-state index in [0.717, 1.165) is 6.08 Å². The Balaban J connectivity index is 0. The fourth-order valence-corrected chi connectivity index (χ4v) is 0.438. The van der Waals surface area contributed by atoms with Gasteiger partial charge in [0.1, 0.15) is 0 Å². The minimum atomic E-state index is -0.774. The van der Waals surface area contributed by atoms with E-state index in [2.05, 4.69) is 33.9 Å². The van der Waals surface area contributed by atoms with Crippen molar-refractivity contribution in [3.63, 3.8) is 0 Å². The van der Waals surface area contributed by atoms with Gasteiger partial charge in [0.05, 0.1) is 14.2 Å². The van der Waals surface area contributed by atoms with Crippen molar-refractivity contribution in [1.29, 1.82) is 0 Å². The van der Waals surface area contributed by atoms with Gasteiger partial charge in [-0.15, -0.1) is 0 Å². The standard InChI is InChI=1S/C8H10O4.C4H6O2/c1-5(2)7(9)12-6(3)8(10)11-4;1-3-4(5)6-2/h1,3H2,2,4H3;3H,1H2,2H3. The lowest BCUT2D eigenvalue weighted by molar-refractivity contribution is -0.147. The first-order valence-electron chi connectivity index (χ1n) is 4.65. The maximum absolute atomic E-state index is 10.8. The SMILES string of the molecule is C=C(C)C(=O)OC(=C)C(=O)OC.C=CC(=O)OC. The summed E-state index contributed by atoms with van der Waals surface area (Å²) in [6.07, 6.45) is 1.11. The van der Waals surface area contributed by atoms with E-state index in [4.69, 9.17) is 0 Å². The van der Waals surface area contributed by atoms with E-state index < -0.39 is 17.9 Å². The van der Waals surface area contributed by atoms with Crippen LogP contribution in [0.4, 0.5) is 0 Å². The van der Waals surface area contributed by atoms with Crippen LogP contribution in [0.3, 0.4) is 0 Å². The minimum absolute atomic E-state index is 0.194. The summed E-state index contributed by atoms with van der Waals surface area (Å²) in [6, 6.07) is 0. The Bertz CT molecular complexity index is 367. The van der Waals surface area contributed by atoms with Gasteiger partial charge in [-0.3, -0.25) is 0 Å². The molecule has 0 aromatic heterocycles. The van der Waals surface area contributed by atoms with E-state index >= 15 is 0 Å². The molecule has 100 valence electrons. The molecule has 0 aromatic carbocycles. The van der Waals surface area contributed by atoms with Gasteiger partial charge in [-0.2, -0.15) is 0 Å². The Labute approximate surface area is 106 Å². The molecule has 6 nitrogen and oxygen atoms in total. The average Bonchev–Trinajstić information content (AvgIpc) is 2.36. The molecule has 0 aliphatic rings. The van der Waals surface area contributed by atoms with Gasteiger partial charge in [-0.05, 0) is 13.5 Å². The van der Waals surface area contributed by atoms with Gasteiger partial charge in [-0.1, -0.05) is 13.2 Å². The number of rotatable bonds is 4. The molecule has 0 radical (unpaired) electrons. The molecule has 0 rings (SSSR count). The highest BCUT2D eigenvalue weighted by Gasteiger charge is 2.12. The first-order chi connectivity index (χ1) is 8.29. The number of carbonyl (C=O) groups is 3. The molecule has 0 unspecified atom stereocenters. The number of esters is 3. The zero-order valence-electron chi connectivity index (χ0n) is 10.6. The first-order valence-corrected chi connectivity index (χ1v) is 4.65. The third-order valence-electron chi connectivity index (χ3n) is 1.35. The summed E-state index contributed by atoms with van der Waals surface area (Å²) in [5.41, 5.74) is 0.194. The van der Waals surface area contributed by atoms with E-state index in [1.54, 1.807) is 0 Å². The van der Waals surface area contributed by atoms with Crippen molar-refractivity contribution >= 4 is 17.9 Å². The quantitative estimate of drug-likeness (QED) is 0.325. The van der Waals surface area contributed by atoms with E-state index in [1.807, 2.05) is 0 Å². The maximum atomic E-state index is 10.8. The van der Waals surface area contributed by atoms with Crippen molar-refractivity contribution < 1.29 is 28.6 Å². The van der Waals surface area contributed by atoms with E-state index in [0.29, 0.717) is 0 Å². The lowest BCUT2D eigenvalue weighted by Gasteiger charge is -2.03. The van der Waals surface area contributed by atoms with Crippen molar-refractivity contribution in [1.82, 2.24) is 0 Å². The van der Waals surface area contributed by atoms with Gasteiger partial charge in [0, 0.05) is 11.6 Å². The summed E-state index contributed by atoms with van der Waals surface area (Å²) in [6.45, 7) is 11.1. The van der Waals surface area contributed by atoms with Crippen LogP contribution in [0.2, 0.25) is 0 Å². The molecule has 0 bridgehead atoms. The maximum Gasteiger partial charge on any atom is 0.373 e. The lowest BCUT2D eigenvalue weighted by atomic mass is 10.4. The fourth-order valence-electron chi connectivity index (χ4n) is 0.438. The summed E-state index contributed by atoms with van der Waals surface area (Å²) >= 11 is 0. The van der Waals surface area contributed by atoms with Gasteiger partial charge < -0.3 is 14.2 Å². The molecule has 0 aromatic rings. The first kappa shape index (κ1) is 18.0. The van der Waals surface area contributed by atoms with Crippen LogP contribution in [0.1, 0.15) is 6.92 Å². The second-order valence-electron chi connectivity index (χ2n) is 2.81. The highest BCUT2D eigenvalue weighted by molar-refractivity contribution is 5.93. The van der Waals surface area contributed by atoms with E-state index in [-0.39, 0.29) is 11.3 Å². The molecule has 0 spiro atoms. The molecule has 0 amide bonds. The molecule has 0 fully saturated rings. The zero-order chi connectivity index (χ0) is 14.7. The molecule has 0 atom stereocenters. The molecule has 0 saturated heterocycles. The molecule has 0 aliphatic carbocycles. The van der Waals surface area contributed by atoms with Crippen LogP contribution in [-0.2, 0) is 28.6 Å². The predicted molar refractivity (Wildman–Crippen MR) is 64.3 cm³/mol. The molecule has 18 heavy (non-hydrogen) atoms. The van der Waals surface area contributed by atoms with Crippen LogP contribution in [0, 0.1) is 0 Å². The largest absolute Gasteiger partial charge is 0.466 e. The minimum Gasteiger partial charge on any atom is -0.466 e. The highest BCUT2D eigenvalue weighted by Crippen LogP contribution is 2.01. The summed E-state index contributed by atoms with van der Waals surface area (Å²) in [7, 11) is 2.48. The second kappa shape index (κ2) is 9.83. The molecule has 0 aliphatic heterocycles. The topological polar surface area (TPSA) is 78.9 Å². The monoisotopic (exact) mass is 256 g/mol. The normalized spacial score (nSPS) is 7.94. The number of carbonyl (C=O) groups excluding carboxylic acids is 3. The van der Waals surface area contributed by atoms with Crippen molar-refractivity contribution in [2.75, 3.05) is 14.2 Å². The number of hydrogen-bond donors (Lipinski definition) is 0. The average molecular weight is 256 g/mol. The van der Waals surface area contributed by atoms with Crippen molar-refractivity contribution in [3.05, 3.63) is 37.1 Å². The molecule has 6 heteroatoms. The molecule has 0 heterocycles. The number of ether oxygens (including phenoxy) is 3. The van der Waals surface area contributed by atoms with E-state index in [1.165, 1.54) is 21.1 Å². The molecule has 0 N–H and O–H groups in total. The summed E-state index contributed by atoms with van der Waals surface area (Å²) in [5.74, 6) is -2.20. The van der Waals surface area contributed by atoms with Crippen LogP contribution < -0.4 is 0 Å². The third-order valence-corrected chi connectivity index (χ3v) is 1.35. The van der Waals surface area contributed by atoms with E-state index in [9.17, 15) is 14.4 Å². The summed E-state index contributed by atoms with van der Waals surface area (Å²) < 4.78 is 12.8. The van der Waals surface area contributed by atoms with Gasteiger partial charge in [-0.25, -0.2) is 14.4 Å². The Morgan fingerprint density at radius 1 is 1.00 bits per heavy atom. The van der Waals surface area contributed by atoms with Crippen molar-refractivity contribution in [2.45, 2.75) is 6.92 Å². The third kappa shape index (κ3) is 8.90. The second-order valence-corrected chi connectivity index (χ2v) is 2.81. The Morgan fingerprint density at radius 2 is 1.50 bits per heavy atom. The zero-order valence-corrected chi connectivity index (χ0v) is 10.6. The highest BCUT2D eigenvalue weighted by atomic mass is 16.6. The lowest BCUT2D eigenvalue weighted by Crippen LogP contribution is -2.12. The smallest absolute Gasteiger partial charge is 0.373 e. The van der Waals surface area contributed by atoms with Gasteiger partial charge in [0.25, 0.3) is 0 Å². The Kier molecular flexibility index (Phi) is 9.83. The van der Waals surface area contributed by atoms with Gasteiger partial charge in [0.2, 0.25) is 5.76 Å². The van der Waals surface area contributed by atoms with Crippen LogP contribution in [-0.4, -0.2) is 32.1 Å². The molecular weight excluding hydrogens is 240 g/mol. The van der Waals surface area contributed by atoms with Crippen LogP contribution >= 0.6 is 0 Å². The van der Waals surface area contributed by atoms with Crippen LogP contribution in [0.5, 0.6) is 0 Å². The molecular formula is C12H16O6. The van der Waals surface area contributed by atoms with Crippen molar-refractivity contribution in [3.8, 4) is 0 Å². The van der Waals surface area contributed by atoms with Gasteiger partial charge in [0.15, 0.2) is 0 Å².